The minimum atomic E-state index is -0.403. The number of hydrogen-bond acceptors (Lipinski definition) is 5. The highest BCUT2D eigenvalue weighted by molar-refractivity contribution is 7.13. The van der Waals surface area contributed by atoms with E-state index in [2.05, 4.69) is 15.4 Å². The van der Waals surface area contributed by atoms with Gasteiger partial charge in [-0.15, -0.1) is 21.5 Å². The lowest BCUT2D eigenvalue weighted by atomic mass is 10.1. The van der Waals surface area contributed by atoms with Gasteiger partial charge in [-0.25, -0.2) is 4.39 Å². The summed E-state index contributed by atoms with van der Waals surface area (Å²) < 4.78 is 13.4. The molecule has 1 aliphatic rings. The Morgan fingerprint density at radius 1 is 1.32 bits per heavy atom. The number of hydrogen-bond donors (Lipinski definition) is 0. The van der Waals surface area contributed by atoms with Gasteiger partial charge in [0.15, 0.2) is 0 Å². The second kappa shape index (κ2) is 6.72. The van der Waals surface area contributed by atoms with Gasteiger partial charge < -0.3 is 4.90 Å². The van der Waals surface area contributed by atoms with Gasteiger partial charge in [0.05, 0.1) is 17.5 Å². The molecule has 4 rings (SSSR count). The molecule has 6 nitrogen and oxygen atoms in total. The smallest absolute Gasteiger partial charge is 0.254 e. The highest BCUT2D eigenvalue weighted by atomic mass is 32.1. The van der Waals surface area contributed by atoms with Gasteiger partial charge in [-0.3, -0.25) is 4.79 Å². The first-order valence-corrected chi connectivity index (χ1v) is 8.97. The molecule has 2 aromatic heterocycles. The third-order valence-electron chi connectivity index (χ3n) is 4.28. The van der Waals surface area contributed by atoms with Crippen molar-refractivity contribution in [2.24, 2.45) is 0 Å². The first-order valence-electron chi connectivity index (χ1n) is 8.09. The molecule has 25 heavy (non-hydrogen) atoms. The molecule has 1 amide bonds. The number of nitrogens with zero attached hydrogens (tertiary/aromatic N) is 5. The molecule has 0 unspecified atom stereocenters. The van der Waals surface area contributed by atoms with Crippen molar-refractivity contribution in [2.75, 3.05) is 6.54 Å². The minimum absolute atomic E-state index is 0.0128. The van der Waals surface area contributed by atoms with E-state index in [0.717, 1.165) is 17.7 Å². The van der Waals surface area contributed by atoms with E-state index in [1.807, 2.05) is 17.5 Å². The van der Waals surface area contributed by atoms with E-state index in [1.54, 1.807) is 28.4 Å². The van der Waals surface area contributed by atoms with Crippen molar-refractivity contribution in [3.05, 3.63) is 53.2 Å². The van der Waals surface area contributed by atoms with E-state index in [4.69, 9.17) is 0 Å². The van der Waals surface area contributed by atoms with Crippen LogP contribution in [0.15, 0.2) is 41.8 Å². The molecule has 0 spiro atoms. The Labute approximate surface area is 147 Å². The van der Waals surface area contributed by atoms with Crippen molar-refractivity contribution >= 4 is 17.2 Å². The fourth-order valence-electron chi connectivity index (χ4n) is 3.09. The van der Waals surface area contributed by atoms with Crippen LogP contribution in [0.2, 0.25) is 0 Å². The number of halogens is 1. The lowest BCUT2D eigenvalue weighted by Crippen LogP contribution is -2.38. The van der Waals surface area contributed by atoms with Crippen LogP contribution in [0, 0.1) is 5.82 Å². The summed E-state index contributed by atoms with van der Waals surface area (Å²) in [7, 11) is 0. The first kappa shape index (κ1) is 15.9. The quantitative estimate of drug-likeness (QED) is 0.720. The first-order chi connectivity index (χ1) is 12.2. The number of tetrazole rings is 1. The van der Waals surface area contributed by atoms with Crippen LogP contribution in [-0.4, -0.2) is 43.6 Å². The van der Waals surface area contributed by atoms with Gasteiger partial charge in [-0.1, -0.05) is 12.1 Å². The molecule has 8 heteroatoms. The summed E-state index contributed by atoms with van der Waals surface area (Å²) in [5.74, 6) is 0.0386. The number of carbonyl (C=O) groups is 1. The third kappa shape index (κ3) is 3.30. The van der Waals surface area contributed by atoms with Gasteiger partial charge in [-0.2, -0.15) is 4.80 Å². The van der Waals surface area contributed by atoms with Crippen LogP contribution in [0.25, 0.3) is 10.7 Å². The van der Waals surface area contributed by atoms with E-state index in [9.17, 15) is 9.18 Å². The van der Waals surface area contributed by atoms with Gasteiger partial charge >= 0.3 is 0 Å². The molecule has 1 fully saturated rings. The maximum Gasteiger partial charge on any atom is 0.254 e. The summed E-state index contributed by atoms with van der Waals surface area (Å²) in [6.07, 6.45) is 1.79. The minimum Gasteiger partial charge on any atom is -0.334 e. The van der Waals surface area contributed by atoms with E-state index in [0.29, 0.717) is 24.5 Å². The van der Waals surface area contributed by atoms with E-state index in [1.165, 1.54) is 16.9 Å². The van der Waals surface area contributed by atoms with Crippen molar-refractivity contribution in [3.63, 3.8) is 0 Å². The number of carbonyl (C=O) groups excluding carboxylic acids is 1. The van der Waals surface area contributed by atoms with Crippen LogP contribution >= 0.6 is 11.3 Å². The van der Waals surface area contributed by atoms with E-state index < -0.39 is 5.82 Å². The Kier molecular flexibility index (Phi) is 4.27. The monoisotopic (exact) mass is 357 g/mol. The second-order valence-corrected chi connectivity index (χ2v) is 6.90. The van der Waals surface area contributed by atoms with Crippen LogP contribution in [0.4, 0.5) is 4.39 Å². The summed E-state index contributed by atoms with van der Waals surface area (Å²) in [6.45, 7) is 1.14. The molecular weight excluding hydrogens is 341 g/mol. The number of thiophene rings is 1. The van der Waals surface area contributed by atoms with Crippen LogP contribution in [0.1, 0.15) is 23.2 Å². The number of aromatic nitrogens is 4. The van der Waals surface area contributed by atoms with Crippen molar-refractivity contribution < 1.29 is 9.18 Å². The Hall–Kier alpha value is -2.61. The zero-order valence-electron chi connectivity index (χ0n) is 13.4. The zero-order chi connectivity index (χ0) is 17.2. The van der Waals surface area contributed by atoms with Gasteiger partial charge in [0.2, 0.25) is 5.82 Å². The lowest BCUT2D eigenvalue weighted by molar-refractivity contribution is 0.0717. The summed E-state index contributed by atoms with van der Waals surface area (Å²) >= 11 is 1.56. The molecule has 1 atom stereocenters. The molecule has 0 bridgehead atoms. The second-order valence-electron chi connectivity index (χ2n) is 5.95. The topological polar surface area (TPSA) is 63.9 Å². The predicted octanol–water partition coefficient (Wildman–Crippen LogP) is 2.85. The molecule has 128 valence electrons. The number of amides is 1. The molecule has 1 saturated heterocycles. The summed E-state index contributed by atoms with van der Waals surface area (Å²) in [6, 6.07) is 9.69. The highest BCUT2D eigenvalue weighted by Crippen LogP contribution is 2.23. The lowest BCUT2D eigenvalue weighted by Gasteiger charge is -2.24. The van der Waals surface area contributed by atoms with Gasteiger partial charge in [-0.05, 0) is 47.7 Å². The SMILES string of the molecule is O=C(c1cccc(F)c1)N1CCC[C@H]1Cn1nnc(-c2cccs2)n1. The van der Waals surface area contributed by atoms with Crippen molar-refractivity contribution in [3.8, 4) is 10.7 Å². The standard InChI is InChI=1S/C17H16FN5OS/c18-13-5-1-4-12(10-13)17(24)22-8-2-6-14(22)11-23-20-16(19-21-23)15-7-3-9-25-15/h1,3-5,7,9-10,14H,2,6,8,11H2/t14-/m0/s1. The predicted molar refractivity (Wildman–Crippen MR) is 91.6 cm³/mol. The normalized spacial score (nSPS) is 17.2. The fourth-order valence-corrected chi connectivity index (χ4v) is 3.74. The van der Waals surface area contributed by atoms with Crippen molar-refractivity contribution in [1.82, 2.24) is 25.1 Å². The highest BCUT2D eigenvalue weighted by Gasteiger charge is 2.30. The number of likely N-dealkylation sites (tertiary alicyclic amines) is 1. The maximum absolute atomic E-state index is 13.4. The number of benzene rings is 1. The molecular formula is C17H16FN5OS. The molecule has 0 radical (unpaired) electrons. The van der Waals surface area contributed by atoms with Crippen LogP contribution < -0.4 is 0 Å². The van der Waals surface area contributed by atoms with E-state index >= 15 is 0 Å². The van der Waals surface area contributed by atoms with Crippen molar-refractivity contribution in [2.45, 2.75) is 25.4 Å². The van der Waals surface area contributed by atoms with Crippen LogP contribution in [-0.2, 0) is 6.54 Å². The Morgan fingerprint density at radius 2 is 2.24 bits per heavy atom. The molecule has 3 heterocycles. The number of rotatable bonds is 4. The molecule has 1 aromatic carbocycles. The Balaban J connectivity index is 1.49. The van der Waals surface area contributed by atoms with Crippen molar-refractivity contribution in [1.29, 1.82) is 0 Å². The average molecular weight is 357 g/mol. The van der Waals surface area contributed by atoms with E-state index in [-0.39, 0.29) is 11.9 Å². The summed E-state index contributed by atoms with van der Waals surface area (Å²) in [4.78, 5) is 17.0. The molecule has 0 N–H and O–H groups in total. The van der Waals surface area contributed by atoms with Crippen LogP contribution in [0.5, 0.6) is 0 Å². The molecule has 0 saturated carbocycles. The molecule has 0 aliphatic carbocycles. The summed E-state index contributed by atoms with van der Waals surface area (Å²) in [5.41, 5.74) is 0.373. The van der Waals surface area contributed by atoms with Gasteiger partial charge in [0.1, 0.15) is 5.82 Å². The molecule has 3 aromatic rings. The molecule has 1 aliphatic heterocycles. The largest absolute Gasteiger partial charge is 0.334 e. The van der Waals surface area contributed by atoms with Gasteiger partial charge in [0, 0.05) is 12.1 Å². The average Bonchev–Trinajstić information content (AvgIpc) is 3.36. The zero-order valence-corrected chi connectivity index (χ0v) is 14.2. The third-order valence-corrected chi connectivity index (χ3v) is 5.14. The van der Waals surface area contributed by atoms with Gasteiger partial charge in [0.25, 0.3) is 5.91 Å². The Morgan fingerprint density at radius 3 is 3.04 bits per heavy atom. The Bertz CT molecular complexity index is 879. The fraction of sp³-hybridized carbons (Fsp3) is 0.294. The maximum atomic E-state index is 13.4. The van der Waals surface area contributed by atoms with Crippen LogP contribution in [0.3, 0.4) is 0 Å². The summed E-state index contributed by atoms with van der Waals surface area (Å²) in [5, 5.41) is 14.5.